The van der Waals surface area contributed by atoms with Crippen molar-refractivity contribution in [2.75, 3.05) is 6.61 Å². The normalized spacial score (nSPS) is 14.2. The summed E-state index contributed by atoms with van der Waals surface area (Å²) in [6.07, 6.45) is -2.26. The first-order valence-electron chi connectivity index (χ1n) is 12.3. The highest BCUT2D eigenvalue weighted by Gasteiger charge is 2.36. The summed E-state index contributed by atoms with van der Waals surface area (Å²) in [5.41, 5.74) is 2.99. The summed E-state index contributed by atoms with van der Waals surface area (Å²) in [6, 6.07) is 13.5. The molecule has 1 aliphatic carbocycles. The first-order valence-corrected chi connectivity index (χ1v) is 12.3. The second-order valence-corrected chi connectivity index (χ2v) is 10.2. The zero-order chi connectivity index (χ0) is 29.4. The van der Waals surface area contributed by atoms with Crippen molar-refractivity contribution in [1.29, 1.82) is 0 Å². The quantitative estimate of drug-likeness (QED) is 0.118. The minimum Gasteiger partial charge on any atom is -0.449 e. The Labute approximate surface area is 227 Å². The number of hydrogen-bond donors (Lipinski definition) is 1. The lowest BCUT2D eigenvalue weighted by Crippen LogP contribution is -2.52. The molecule has 0 radical (unpaired) electrons. The van der Waals surface area contributed by atoms with Crippen molar-refractivity contribution >= 4 is 12.1 Å². The number of alkyl carbamates (subject to hydrolysis) is 1. The van der Waals surface area contributed by atoms with E-state index in [1.165, 1.54) is 6.92 Å². The van der Waals surface area contributed by atoms with E-state index in [0.717, 1.165) is 22.3 Å². The molecule has 6 nitrogen and oxygen atoms in total. The number of amides is 1. The molecule has 0 spiro atoms. The molecule has 0 saturated carbocycles. The van der Waals surface area contributed by atoms with E-state index >= 15 is 0 Å². The van der Waals surface area contributed by atoms with Crippen LogP contribution >= 0.6 is 0 Å². The predicted octanol–water partition coefficient (Wildman–Crippen LogP) is 6.40. The highest BCUT2D eigenvalue weighted by Crippen LogP contribution is 2.44. The molecule has 0 aliphatic heterocycles. The number of benzene rings is 3. The number of ether oxygens (including phenoxy) is 3. The van der Waals surface area contributed by atoms with Crippen LogP contribution in [0.2, 0.25) is 0 Å². The van der Waals surface area contributed by atoms with Crippen molar-refractivity contribution in [1.82, 2.24) is 5.32 Å². The van der Waals surface area contributed by atoms with Gasteiger partial charge in [-0.25, -0.2) is 22.8 Å². The van der Waals surface area contributed by atoms with E-state index in [1.807, 2.05) is 48.5 Å². The monoisotopic (exact) mass is 563 g/mol. The van der Waals surface area contributed by atoms with Gasteiger partial charge < -0.3 is 19.5 Å². The molecule has 4 rings (SSSR count). The van der Waals surface area contributed by atoms with Crippen LogP contribution in [0.4, 0.5) is 26.7 Å². The van der Waals surface area contributed by atoms with Gasteiger partial charge in [0, 0.05) is 5.92 Å². The Morgan fingerprint density at radius 3 is 1.80 bits per heavy atom. The third-order valence-electron chi connectivity index (χ3n) is 6.25. The van der Waals surface area contributed by atoms with Crippen molar-refractivity contribution in [3.05, 3.63) is 88.7 Å². The summed E-state index contributed by atoms with van der Waals surface area (Å²) in [6.45, 7) is 6.17. The van der Waals surface area contributed by atoms with E-state index in [-0.39, 0.29) is 12.5 Å². The molecule has 40 heavy (non-hydrogen) atoms. The average Bonchev–Trinajstić information content (AvgIpc) is 3.23. The molecular formula is C29H26F5NO5. The van der Waals surface area contributed by atoms with Gasteiger partial charge in [0.25, 0.3) is 0 Å². The second-order valence-electron chi connectivity index (χ2n) is 10.2. The lowest BCUT2D eigenvalue weighted by Gasteiger charge is -2.30. The number of carbonyl (C=O) groups is 2. The smallest absolute Gasteiger partial charge is 0.407 e. The SMILES string of the molecule is CC(OC(C)(C)C)[C@H](NC(=O)OCC1c2ccccc2-c2ccccc21)C(=O)Oc1c(F)c(F)c(F)c(F)c1F. The molecule has 3 aromatic carbocycles. The van der Waals surface area contributed by atoms with Gasteiger partial charge in [-0.05, 0) is 49.9 Å². The maximum atomic E-state index is 14.2. The highest BCUT2D eigenvalue weighted by molar-refractivity contribution is 5.84. The Kier molecular flexibility index (Phi) is 8.15. The van der Waals surface area contributed by atoms with Crippen LogP contribution < -0.4 is 10.1 Å². The van der Waals surface area contributed by atoms with E-state index in [2.05, 4.69) is 10.1 Å². The van der Waals surface area contributed by atoms with Gasteiger partial charge in [-0.15, -0.1) is 0 Å². The Bertz CT molecular complexity index is 1380. The third kappa shape index (κ3) is 5.79. The van der Waals surface area contributed by atoms with Crippen molar-refractivity contribution in [2.24, 2.45) is 0 Å². The average molecular weight is 564 g/mol. The summed E-state index contributed by atoms with van der Waals surface area (Å²) < 4.78 is 84.7. The topological polar surface area (TPSA) is 73.9 Å². The molecular weight excluding hydrogens is 537 g/mol. The summed E-state index contributed by atoms with van der Waals surface area (Å²) in [5, 5.41) is 2.24. The lowest BCUT2D eigenvalue weighted by atomic mass is 9.98. The predicted molar refractivity (Wildman–Crippen MR) is 134 cm³/mol. The molecule has 1 N–H and O–H groups in total. The maximum absolute atomic E-state index is 14.2. The molecule has 1 unspecified atom stereocenters. The summed E-state index contributed by atoms with van der Waals surface area (Å²) in [4.78, 5) is 25.8. The highest BCUT2D eigenvalue weighted by atomic mass is 19.2. The van der Waals surface area contributed by atoms with E-state index in [9.17, 15) is 31.5 Å². The van der Waals surface area contributed by atoms with E-state index in [1.54, 1.807) is 20.8 Å². The number of fused-ring (bicyclic) bond motifs is 3. The van der Waals surface area contributed by atoms with Crippen LogP contribution in [0.1, 0.15) is 44.7 Å². The number of nitrogens with one attached hydrogen (secondary N) is 1. The lowest BCUT2D eigenvalue weighted by molar-refractivity contribution is -0.144. The molecule has 11 heteroatoms. The van der Waals surface area contributed by atoms with Crippen molar-refractivity contribution in [2.45, 2.75) is 51.4 Å². The van der Waals surface area contributed by atoms with Gasteiger partial charge in [0.05, 0.1) is 11.7 Å². The number of halogens is 5. The first-order chi connectivity index (χ1) is 18.8. The van der Waals surface area contributed by atoms with Crippen LogP contribution in [-0.2, 0) is 14.3 Å². The van der Waals surface area contributed by atoms with Crippen LogP contribution in [0.15, 0.2) is 48.5 Å². The van der Waals surface area contributed by atoms with Gasteiger partial charge in [-0.1, -0.05) is 48.5 Å². The van der Waals surface area contributed by atoms with Gasteiger partial charge in [-0.3, -0.25) is 0 Å². The Morgan fingerprint density at radius 1 is 0.825 bits per heavy atom. The first kappa shape index (κ1) is 29.0. The van der Waals surface area contributed by atoms with Crippen LogP contribution in [0.25, 0.3) is 11.1 Å². The van der Waals surface area contributed by atoms with Gasteiger partial charge in [0.1, 0.15) is 6.61 Å². The number of esters is 1. The fourth-order valence-corrected chi connectivity index (χ4v) is 4.60. The molecule has 0 bridgehead atoms. The number of rotatable bonds is 7. The Hall–Kier alpha value is -3.99. The van der Waals surface area contributed by atoms with Gasteiger partial charge in [0.15, 0.2) is 6.04 Å². The molecule has 3 aromatic rings. The third-order valence-corrected chi connectivity index (χ3v) is 6.25. The van der Waals surface area contributed by atoms with Gasteiger partial charge in [-0.2, -0.15) is 8.78 Å². The van der Waals surface area contributed by atoms with Crippen LogP contribution in [-0.4, -0.2) is 36.4 Å². The minimum atomic E-state index is -2.41. The summed E-state index contributed by atoms with van der Waals surface area (Å²) in [7, 11) is 0. The minimum absolute atomic E-state index is 0.117. The van der Waals surface area contributed by atoms with Crippen molar-refractivity contribution < 1.29 is 45.8 Å². The molecule has 0 heterocycles. The van der Waals surface area contributed by atoms with Crippen LogP contribution in [0.5, 0.6) is 5.75 Å². The van der Waals surface area contributed by atoms with E-state index in [0.29, 0.717) is 0 Å². The number of hydrogen-bond acceptors (Lipinski definition) is 5. The molecule has 0 aromatic heterocycles. The molecule has 1 aliphatic rings. The molecule has 0 saturated heterocycles. The zero-order valence-electron chi connectivity index (χ0n) is 22.0. The van der Waals surface area contributed by atoms with Crippen LogP contribution in [0, 0.1) is 29.1 Å². The van der Waals surface area contributed by atoms with Crippen molar-refractivity contribution in [3.63, 3.8) is 0 Å². The fourth-order valence-electron chi connectivity index (χ4n) is 4.60. The Balaban J connectivity index is 1.54. The van der Waals surface area contributed by atoms with Crippen molar-refractivity contribution in [3.8, 4) is 16.9 Å². The fraction of sp³-hybridized carbons (Fsp3) is 0.310. The summed E-state index contributed by atoms with van der Waals surface area (Å²) in [5.74, 6) is -15.3. The van der Waals surface area contributed by atoms with Crippen LogP contribution in [0.3, 0.4) is 0 Å². The van der Waals surface area contributed by atoms with Gasteiger partial charge in [0.2, 0.25) is 34.8 Å². The van der Waals surface area contributed by atoms with E-state index in [4.69, 9.17) is 9.47 Å². The standard InChI is InChI=1S/C29H26F5NO5/c1-14(40-29(2,3)4)25(27(36)39-26-23(33)21(31)20(30)22(32)24(26)34)35-28(37)38-13-19-17-11-7-5-9-15(17)16-10-6-8-12-18(16)19/h5-12,14,19,25H,13H2,1-4H3,(H,35,37)/t14?,25-/m0/s1. The van der Waals surface area contributed by atoms with Gasteiger partial charge >= 0.3 is 12.1 Å². The molecule has 2 atom stereocenters. The largest absolute Gasteiger partial charge is 0.449 e. The number of carbonyl (C=O) groups excluding carboxylic acids is 2. The molecule has 0 fully saturated rings. The second kappa shape index (κ2) is 11.2. The molecule has 212 valence electrons. The maximum Gasteiger partial charge on any atom is 0.407 e. The van der Waals surface area contributed by atoms with E-state index < -0.39 is 64.6 Å². The molecule has 1 amide bonds. The summed E-state index contributed by atoms with van der Waals surface area (Å²) >= 11 is 0. The zero-order valence-corrected chi connectivity index (χ0v) is 22.0. The Morgan fingerprint density at radius 2 is 1.30 bits per heavy atom.